The van der Waals surface area contributed by atoms with Crippen molar-refractivity contribution in [2.75, 3.05) is 0 Å². The first-order chi connectivity index (χ1) is 10.0. The largest absolute Gasteiger partial charge is 0.325 e. The molecule has 1 aromatic carbocycles. The highest BCUT2D eigenvalue weighted by Crippen LogP contribution is 2.38. The third-order valence-corrected chi connectivity index (χ3v) is 5.56. The molecule has 0 radical (unpaired) electrons. The number of benzene rings is 1. The summed E-state index contributed by atoms with van der Waals surface area (Å²) in [5, 5.41) is 2.98. The quantitative estimate of drug-likeness (QED) is 0.830. The lowest BCUT2D eigenvalue weighted by atomic mass is 9.73. The summed E-state index contributed by atoms with van der Waals surface area (Å²) in [5.41, 5.74) is 0.276. The summed E-state index contributed by atoms with van der Waals surface area (Å²) in [7, 11) is 0. The Morgan fingerprint density at radius 2 is 2.10 bits per heavy atom. The maximum atomic E-state index is 12.8. The molecule has 4 nitrogen and oxygen atoms in total. The summed E-state index contributed by atoms with van der Waals surface area (Å²) in [6.45, 7) is 2.39. The molecule has 0 bridgehead atoms. The number of carbonyl (C=O) groups is 2. The Balaban J connectivity index is 1.86. The number of imide groups is 1. The van der Waals surface area contributed by atoms with Crippen molar-refractivity contribution in [2.24, 2.45) is 5.92 Å². The van der Waals surface area contributed by atoms with E-state index < -0.39 is 5.54 Å². The summed E-state index contributed by atoms with van der Waals surface area (Å²) in [6, 6.07) is 7.43. The molecular weight excluding hydrogens is 332 g/mol. The van der Waals surface area contributed by atoms with Gasteiger partial charge in [-0.05, 0) is 30.4 Å². The van der Waals surface area contributed by atoms with Crippen LogP contribution in [0.25, 0.3) is 0 Å². The number of nitrogens with one attached hydrogen (secondary N) is 1. The SMILES string of the molecule is C[C@@H]1CCCC[C@]12NC(=O)N(Cc1ccccc1Br)C2=O. The highest BCUT2D eigenvalue weighted by Gasteiger charge is 2.54. The van der Waals surface area contributed by atoms with E-state index in [0.29, 0.717) is 6.54 Å². The van der Waals surface area contributed by atoms with E-state index in [9.17, 15) is 9.59 Å². The molecule has 1 saturated heterocycles. The van der Waals surface area contributed by atoms with Crippen LogP contribution in [0, 0.1) is 5.92 Å². The van der Waals surface area contributed by atoms with Crippen molar-refractivity contribution in [1.29, 1.82) is 0 Å². The molecule has 1 aliphatic heterocycles. The lowest BCUT2D eigenvalue weighted by Gasteiger charge is -2.36. The molecule has 2 fully saturated rings. The smallest absolute Gasteiger partial charge is 0.323 e. The number of carbonyl (C=O) groups excluding carboxylic acids is 2. The first-order valence-electron chi connectivity index (χ1n) is 7.42. The Hall–Kier alpha value is -1.36. The zero-order valence-electron chi connectivity index (χ0n) is 12.1. The number of hydrogen-bond acceptors (Lipinski definition) is 2. The zero-order valence-corrected chi connectivity index (χ0v) is 13.6. The van der Waals surface area contributed by atoms with E-state index >= 15 is 0 Å². The molecule has 1 N–H and O–H groups in total. The van der Waals surface area contributed by atoms with E-state index in [1.807, 2.05) is 24.3 Å². The van der Waals surface area contributed by atoms with E-state index in [2.05, 4.69) is 28.2 Å². The van der Waals surface area contributed by atoms with Gasteiger partial charge < -0.3 is 5.32 Å². The Bertz CT molecular complexity index is 589. The van der Waals surface area contributed by atoms with Crippen molar-refractivity contribution in [3.8, 4) is 0 Å². The Morgan fingerprint density at radius 3 is 2.81 bits per heavy atom. The molecule has 1 aliphatic carbocycles. The molecule has 1 aromatic rings. The fourth-order valence-electron chi connectivity index (χ4n) is 3.44. The number of rotatable bonds is 2. The molecular formula is C16H19BrN2O2. The average Bonchev–Trinajstić information content (AvgIpc) is 2.70. The molecule has 0 aromatic heterocycles. The van der Waals surface area contributed by atoms with Crippen LogP contribution in [-0.2, 0) is 11.3 Å². The number of amides is 3. The minimum atomic E-state index is -0.670. The summed E-state index contributed by atoms with van der Waals surface area (Å²) in [4.78, 5) is 26.5. The molecule has 0 unspecified atom stereocenters. The Labute approximate surface area is 133 Å². The van der Waals surface area contributed by atoms with Crippen molar-refractivity contribution in [1.82, 2.24) is 10.2 Å². The van der Waals surface area contributed by atoms with Gasteiger partial charge in [-0.1, -0.05) is 53.9 Å². The number of urea groups is 1. The van der Waals surface area contributed by atoms with Crippen molar-refractivity contribution in [3.05, 3.63) is 34.3 Å². The molecule has 21 heavy (non-hydrogen) atoms. The minimum absolute atomic E-state index is 0.0598. The highest BCUT2D eigenvalue weighted by atomic mass is 79.9. The molecule has 3 rings (SSSR count). The fraction of sp³-hybridized carbons (Fsp3) is 0.500. The Kier molecular flexibility index (Phi) is 3.78. The van der Waals surface area contributed by atoms with Gasteiger partial charge in [0, 0.05) is 4.47 Å². The van der Waals surface area contributed by atoms with Crippen LogP contribution in [0.5, 0.6) is 0 Å². The minimum Gasteiger partial charge on any atom is -0.323 e. The molecule has 3 amide bonds. The zero-order chi connectivity index (χ0) is 15.0. The average molecular weight is 351 g/mol. The summed E-state index contributed by atoms with van der Waals surface area (Å²) < 4.78 is 0.920. The lowest BCUT2D eigenvalue weighted by molar-refractivity contribution is -0.134. The van der Waals surface area contributed by atoms with Crippen molar-refractivity contribution < 1.29 is 9.59 Å². The van der Waals surface area contributed by atoms with E-state index in [1.54, 1.807) is 0 Å². The van der Waals surface area contributed by atoms with Gasteiger partial charge in [-0.3, -0.25) is 9.69 Å². The van der Waals surface area contributed by atoms with Gasteiger partial charge in [-0.15, -0.1) is 0 Å². The standard InChI is InChI=1S/C16H19BrN2O2/c1-11-6-4-5-9-16(11)14(20)19(15(21)18-16)10-12-7-2-3-8-13(12)17/h2-3,7-8,11H,4-6,9-10H2,1H3,(H,18,21)/t11-,16+/m1/s1. The topological polar surface area (TPSA) is 49.4 Å². The molecule has 1 saturated carbocycles. The Morgan fingerprint density at radius 1 is 1.33 bits per heavy atom. The lowest BCUT2D eigenvalue weighted by Crippen LogP contribution is -2.53. The van der Waals surface area contributed by atoms with Crippen LogP contribution in [0.2, 0.25) is 0 Å². The van der Waals surface area contributed by atoms with Crippen LogP contribution in [0.3, 0.4) is 0 Å². The van der Waals surface area contributed by atoms with Gasteiger partial charge in [-0.2, -0.15) is 0 Å². The number of hydrogen-bond donors (Lipinski definition) is 1. The van der Waals surface area contributed by atoms with Gasteiger partial charge in [-0.25, -0.2) is 4.79 Å². The van der Waals surface area contributed by atoms with Gasteiger partial charge in [0.05, 0.1) is 6.54 Å². The second kappa shape index (κ2) is 5.44. The van der Waals surface area contributed by atoms with Crippen LogP contribution in [0.1, 0.15) is 38.2 Å². The molecule has 2 aliphatic rings. The highest BCUT2D eigenvalue weighted by molar-refractivity contribution is 9.10. The van der Waals surface area contributed by atoms with Crippen LogP contribution in [-0.4, -0.2) is 22.4 Å². The maximum absolute atomic E-state index is 12.8. The third kappa shape index (κ3) is 2.37. The van der Waals surface area contributed by atoms with E-state index in [4.69, 9.17) is 0 Å². The maximum Gasteiger partial charge on any atom is 0.325 e. The molecule has 2 atom stereocenters. The molecule has 112 valence electrons. The van der Waals surface area contributed by atoms with E-state index in [-0.39, 0.29) is 17.9 Å². The van der Waals surface area contributed by atoms with Gasteiger partial charge in [0.2, 0.25) is 0 Å². The van der Waals surface area contributed by atoms with Crippen molar-refractivity contribution in [2.45, 2.75) is 44.7 Å². The molecule has 5 heteroatoms. The van der Waals surface area contributed by atoms with Crippen LogP contribution >= 0.6 is 15.9 Å². The first kappa shape index (κ1) is 14.6. The van der Waals surface area contributed by atoms with Gasteiger partial charge >= 0.3 is 6.03 Å². The second-order valence-corrected chi connectivity index (χ2v) is 6.89. The van der Waals surface area contributed by atoms with Gasteiger partial charge in [0.25, 0.3) is 5.91 Å². The number of halogens is 1. The predicted molar refractivity (Wildman–Crippen MR) is 83.6 cm³/mol. The summed E-state index contributed by atoms with van der Waals surface area (Å²) in [6.07, 6.45) is 3.88. The van der Waals surface area contributed by atoms with Crippen molar-refractivity contribution >= 4 is 27.9 Å². The van der Waals surface area contributed by atoms with Gasteiger partial charge in [0.1, 0.15) is 5.54 Å². The molecule has 1 heterocycles. The predicted octanol–water partition coefficient (Wildman–Crippen LogP) is 3.45. The van der Waals surface area contributed by atoms with E-state index in [1.165, 1.54) is 4.90 Å². The number of nitrogens with zero attached hydrogens (tertiary/aromatic N) is 1. The van der Waals surface area contributed by atoms with E-state index in [0.717, 1.165) is 35.7 Å². The molecule has 1 spiro atoms. The normalized spacial score (nSPS) is 29.0. The summed E-state index contributed by atoms with van der Waals surface area (Å²) in [5.74, 6) is 0.141. The monoisotopic (exact) mass is 350 g/mol. The van der Waals surface area contributed by atoms with Crippen molar-refractivity contribution in [3.63, 3.8) is 0 Å². The third-order valence-electron chi connectivity index (χ3n) is 4.79. The summed E-state index contributed by atoms with van der Waals surface area (Å²) >= 11 is 3.47. The van der Waals surface area contributed by atoms with Crippen LogP contribution in [0.4, 0.5) is 4.79 Å². The fourth-order valence-corrected chi connectivity index (χ4v) is 3.85. The second-order valence-electron chi connectivity index (χ2n) is 6.03. The van der Waals surface area contributed by atoms with Crippen LogP contribution in [0.15, 0.2) is 28.7 Å². The van der Waals surface area contributed by atoms with Gasteiger partial charge in [0.15, 0.2) is 0 Å². The first-order valence-corrected chi connectivity index (χ1v) is 8.21. The van der Waals surface area contributed by atoms with Crippen LogP contribution < -0.4 is 5.32 Å².